The summed E-state index contributed by atoms with van der Waals surface area (Å²) in [4.78, 5) is 22.2. The number of carboxylic acid groups (broad SMARTS) is 2. The van der Waals surface area contributed by atoms with Gasteiger partial charge in [-0.15, -0.1) is 0 Å². The number of hydrogen-bond acceptors (Lipinski definition) is 2. The van der Waals surface area contributed by atoms with Crippen LogP contribution in [0, 0.1) is 11.3 Å². The number of carboxylic acids is 2. The second-order valence-electron chi connectivity index (χ2n) is 4.19. The molecule has 16 heavy (non-hydrogen) atoms. The third-order valence-corrected chi connectivity index (χ3v) is 2.92. The number of rotatable bonds is 7. The quantitative estimate of drug-likeness (QED) is 0.417. The molecule has 0 radical (unpaired) electrons. The average molecular weight is 258 g/mol. The fourth-order valence-electron chi connectivity index (χ4n) is 1.74. The van der Waals surface area contributed by atoms with E-state index in [2.05, 4.69) is 0 Å². The topological polar surface area (TPSA) is 74.6 Å². The third kappa shape index (κ3) is 4.22. The number of carbonyl (C=O) groups is 2. The molecule has 0 rings (SSSR count). The zero-order valence-electron chi connectivity index (χ0n) is 12.3. The van der Waals surface area contributed by atoms with Crippen molar-refractivity contribution in [1.82, 2.24) is 0 Å². The molecule has 0 unspecified atom stereocenters. The van der Waals surface area contributed by atoms with Crippen LogP contribution >= 0.6 is 0 Å². The number of hydrogen-bond donors (Lipinski definition) is 2. The van der Waals surface area contributed by atoms with Crippen LogP contribution in [0.25, 0.3) is 0 Å². The molecule has 0 aromatic carbocycles. The Labute approximate surface area is 129 Å². The van der Waals surface area contributed by atoms with Gasteiger partial charge in [0.05, 0.1) is 0 Å². The molecule has 0 atom stereocenters. The fourth-order valence-corrected chi connectivity index (χ4v) is 1.74. The molecule has 5 heteroatoms. The third-order valence-electron chi connectivity index (χ3n) is 2.92. The van der Waals surface area contributed by atoms with Crippen molar-refractivity contribution in [3.8, 4) is 0 Å². The first-order valence-corrected chi connectivity index (χ1v) is 5.36. The van der Waals surface area contributed by atoms with Crippen molar-refractivity contribution in [2.24, 2.45) is 11.3 Å². The minimum atomic E-state index is -1.62. The van der Waals surface area contributed by atoms with Crippen LogP contribution in [-0.4, -0.2) is 59.9 Å². The Balaban J connectivity index is -0.000000327. The standard InChI is InChI=1S/C11H20O4.Ca.2H/c1-4-5-6-7-11(8(2)3,9(12)13)10(14)15;;;/h8H,4-7H2,1-3H3,(H,12,13)(H,14,15);;;/q;+2;2*-1. The van der Waals surface area contributed by atoms with E-state index in [0.717, 1.165) is 12.8 Å². The van der Waals surface area contributed by atoms with Crippen molar-refractivity contribution in [1.29, 1.82) is 0 Å². The Hall–Kier alpha value is 0.200. The maximum atomic E-state index is 11.1. The summed E-state index contributed by atoms with van der Waals surface area (Å²) in [5, 5.41) is 18.2. The molecule has 92 valence electrons. The van der Waals surface area contributed by atoms with Gasteiger partial charge in [-0.1, -0.05) is 40.0 Å². The van der Waals surface area contributed by atoms with E-state index in [4.69, 9.17) is 10.2 Å². The number of aliphatic carboxylic acids is 2. The summed E-state index contributed by atoms with van der Waals surface area (Å²) < 4.78 is 0. The Morgan fingerprint density at radius 2 is 1.62 bits per heavy atom. The van der Waals surface area contributed by atoms with E-state index in [1.807, 2.05) is 6.92 Å². The summed E-state index contributed by atoms with van der Waals surface area (Å²) in [5.74, 6) is -2.84. The van der Waals surface area contributed by atoms with Crippen LogP contribution in [0.4, 0.5) is 0 Å². The van der Waals surface area contributed by atoms with E-state index in [1.165, 1.54) is 0 Å². The molecule has 0 bridgehead atoms. The predicted molar refractivity (Wildman–Crippen MR) is 64.7 cm³/mol. The van der Waals surface area contributed by atoms with Crippen LogP contribution in [0.5, 0.6) is 0 Å². The first-order chi connectivity index (χ1) is 6.89. The van der Waals surface area contributed by atoms with Gasteiger partial charge in [0.1, 0.15) is 0 Å². The minimum Gasteiger partial charge on any atom is -1.00 e. The summed E-state index contributed by atoms with van der Waals surface area (Å²) in [6.45, 7) is 5.29. The molecule has 0 amide bonds. The molecular weight excluding hydrogens is 236 g/mol. The van der Waals surface area contributed by atoms with E-state index < -0.39 is 23.3 Å². The first-order valence-electron chi connectivity index (χ1n) is 5.36. The smallest absolute Gasteiger partial charge is 1.00 e. The van der Waals surface area contributed by atoms with Gasteiger partial charge in [0, 0.05) is 0 Å². The van der Waals surface area contributed by atoms with Gasteiger partial charge in [0.2, 0.25) is 0 Å². The maximum absolute atomic E-state index is 11.1. The molecule has 0 aliphatic rings. The summed E-state index contributed by atoms with van der Waals surface area (Å²) in [6.07, 6.45) is 2.68. The zero-order chi connectivity index (χ0) is 12.1. The second-order valence-corrected chi connectivity index (χ2v) is 4.19. The van der Waals surface area contributed by atoms with Crippen LogP contribution in [0.1, 0.15) is 49.3 Å². The Bertz CT molecular complexity index is 233. The predicted octanol–water partition coefficient (Wildman–Crippen LogP) is 2.22. The fraction of sp³-hybridized carbons (Fsp3) is 0.818. The van der Waals surface area contributed by atoms with Crippen LogP contribution in [0.2, 0.25) is 0 Å². The van der Waals surface area contributed by atoms with Crippen molar-refractivity contribution >= 4 is 49.7 Å². The van der Waals surface area contributed by atoms with E-state index in [9.17, 15) is 9.59 Å². The summed E-state index contributed by atoms with van der Waals surface area (Å²) in [5.41, 5.74) is -1.62. The molecule has 0 heterocycles. The number of unbranched alkanes of at least 4 members (excludes halogenated alkanes) is 2. The summed E-state index contributed by atoms with van der Waals surface area (Å²) in [6, 6.07) is 0. The van der Waals surface area contributed by atoms with Crippen molar-refractivity contribution in [3.63, 3.8) is 0 Å². The van der Waals surface area contributed by atoms with Gasteiger partial charge >= 0.3 is 49.7 Å². The van der Waals surface area contributed by atoms with Gasteiger partial charge in [0.25, 0.3) is 0 Å². The van der Waals surface area contributed by atoms with E-state index in [-0.39, 0.29) is 47.0 Å². The van der Waals surface area contributed by atoms with Crippen molar-refractivity contribution < 1.29 is 22.7 Å². The Morgan fingerprint density at radius 3 is 1.88 bits per heavy atom. The molecular formula is C11H22CaO4. The van der Waals surface area contributed by atoms with Crippen molar-refractivity contribution in [2.45, 2.75) is 46.5 Å². The molecule has 0 aliphatic carbocycles. The van der Waals surface area contributed by atoms with E-state index in [1.54, 1.807) is 13.8 Å². The SMILES string of the molecule is CCCCCC(C(=O)O)(C(=O)O)C(C)C.[Ca+2].[H-].[H-]. The Kier molecular flexibility index (Phi) is 9.65. The van der Waals surface area contributed by atoms with Gasteiger partial charge in [-0.25, -0.2) is 0 Å². The summed E-state index contributed by atoms with van der Waals surface area (Å²) in [7, 11) is 0. The first kappa shape index (κ1) is 18.6. The van der Waals surface area contributed by atoms with Crippen molar-refractivity contribution in [3.05, 3.63) is 0 Å². The Morgan fingerprint density at radius 1 is 1.19 bits per heavy atom. The molecule has 4 nitrogen and oxygen atoms in total. The molecule has 0 fully saturated rings. The molecule has 2 N–H and O–H groups in total. The van der Waals surface area contributed by atoms with Gasteiger partial charge in [0.15, 0.2) is 5.41 Å². The normalized spacial score (nSPS) is 11.0. The largest absolute Gasteiger partial charge is 2.00 e. The molecule has 0 aromatic heterocycles. The second kappa shape index (κ2) is 8.31. The van der Waals surface area contributed by atoms with Crippen LogP contribution in [-0.2, 0) is 9.59 Å². The molecule has 0 saturated heterocycles. The van der Waals surface area contributed by atoms with Gasteiger partial charge in [-0.05, 0) is 12.3 Å². The van der Waals surface area contributed by atoms with Gasteiger partial charge in [-0.3, -0.25) is 9.59 Å². The van der Waals surface area contributed by atoms with Crippen LogP contribution in [0.15, 0.2) is 0 Å². The van der Waals surface area contributed by atoms with Crippen LogP contribution in [0.3, 0.4) is 0 Å². The molecule has 0 aromatic rings. The van der Waals surface area contributed by atoms with Crippen molar-refractivity contribution in [2.75, 3.05) is 0 Å². The minimum absolute atomic E-state index is 0. The average Bonchev–Trinajstić information content (AvgIpc) is 2.10. The van der Waals surface area contributed by atoms with Crippen LogP contribution < -0.4 is 0 Å². The molecule has 0 saturated carbocycles. The summed E-state index contributed by atoms with van der Waals surface area (Å²) >= 11 is 0. The molecule has 0 aliphatic heterocycles. The van der Waals surface area contributed by atoms with E-state index >= 15 is 0 Å². The monoisotopic (exact) mass is 258 g/mol. The van der Waals surface area contributed by atoms with Gasteiger partial charge in [-0.2, -0.15) is 0 Å². The van der Waals surface area contributed by atoms with Gasteiger partial charge < -0.3 is 13.1 Å². The zero-order valence-corrected chi connectivity index (χ0v) is 12.5. The maximum Gasteiger partial charge on any atom is 2.00 e. The molecule has 0 spiro atoms. The van der Waals surface area contributed by atoms with E-state index in [0.29, 0.717) is 6.42 Å².